The molecule has 0 saturated carbocycles. The average molecular weight is 356 g/mol. The lowest BCUT2D eigenvalue weighted by Crippen LogP contribution is -2.13. The first-order valence-electron chi connectivity index (χ1n) is 7.02. The fourth-order valence-electron chi connectivity index (χ4n) is 2.31. The predicted octanol–water partition coefficient (Wildman–Crippen LogP) is 3.76. The number of imidazole rings is 1. The van der Waals surface area contributed by atoms with Crippen molar-refractivity contribution in [1.29, 1.82) is 0 Å². The van der Waals surface area contributed by atoms with Crippen LogP contribution in [-0.2, 0) is 0 Å². The summed E-state index contributed by atoms with van der Waals surface area (Å²) >= 11 is 7.39. The zero-order valence-electron chi connectivity index (χ0n) is 12.2. The van der Waals surface area contributed by atoms with Gasteiger partial charge in [0.25, 0.3) is 5.91 Å². The summed E-state index contributed by atoms with van der Waals surface area (Å²) in [7, 11) is 0. The van der Waals surface area contributed by atoms with Gasteiger partial charge in [-0.25, -0.2) is 14.5 Å². The molecule has 8 heteroatoms. The first-order chi connectivity index (χ1) is 11.7. The van der Waals surface area contributed by atoms with Crippen molar-refractivity contribution in [2.24, 2.45) is 0 Å². The number of hydrogen-bond donors (Lipinski definition) is 1. The van der Waals surface area contributed by atoms with Crippen molar-refractivity contribution in [1.82, 2.24) is 19.6 Å². The Kier molecular flexibility index (Phi) is 3.72. The summed E-state index contributed by atoms with van der Waals surface area (Å²) in [6, 6.07) is 9.01. The summed E-state index contributed by atoms with van der Waals surface area (Å²) in [5.41, 5.74) is 2.45. The monoisotopic (exact) mass is 355 g/mol. The van der Waals surface area contributed by atoms with Crippen LogP contribution in [0.25, 0.3) is 16.9 Å². The highest BCUT2D eigenvalue weighted by Crippen LogP contribution is 2.23. The van der Waals surface area contributed by atoms with Crippen LogP contribution in [0, 0.1) is 0 Å². The minimum absolute atomic E-state index is 0.277. The van der Waals surface area contributed by atoms with Crippen LogP contribution in [0.2, 0.25) is 5.02 Å². The molecule has 3 aromatic heterocycles. The van der Waals surface area contributed by atoms with Gasteiger partial charge in [0.1, 0.15) is 0 Å². The van der Waals surface area contributed by atoms with Gasteiger partial charge < -0.3 is 0 Å². The molecule has 0 aliphatic carbocycles. The highest BCUT2D eigenvalue weighted by atomic mass is 35.5. The van der Waals surface area contributed by atoms with Gasteiger partial charge in [-0.1, -0.05) is 23.7 Å². The molecule has 3 heterocycles. The van der Waals surface area contributed by atoms with Crippen LogP contribution in [0.1, 0.15) is 10.4 Å². The highest BCUT2D eigenvalue weighted by Gasteiger charge is 2.15. The first-order valence-corrected chi connectivity index (χ1v) is 8.27. The quantitative estimate of drug-likeness (QED) is 0.607. The van der Waals surface area contributed by atoms with E-state index in [0.717, 1.165) is 5.56 Å². The van der Waals surface area contributed by atoms with Gasteiger partial charge in [0.2, 0.25) is 0 Å². The Labute approximate surface area is 145 Å². The third-order valence-corrected chi connectivity index (χ3v) is 4.30. The van der Waals surface area contributed by atoms with Crippen LogP contribution in [-0.4, -0.2) is 25.5 Å². The van der Waals surface area contributed by atoms with E-state index in [4.69, 9.17) is 11.6 Å². The number of aromatic nitrogens is 4. The Morgan fingerprint density at radius 2 is 2.17 bits per heavy atom. The molecule has 1 N–H and O–H groups in total. The molecule has 0 aliphatic heterocycles. The van der Waals surface area contributed by atoms with Gasteiger partial charge >= 0.3 is 0 Å². The van der Waals surface area contributed by atoms with Crippen molar-refractivity contribution in [2.75, 3.05) is 5.32 Å². The van der Waals surface area contributed by atoms with Gasteiger partial charge in [0.15, 0.2) is 10.8 Å². The third kappa shape index (κ3) is 2.75. The van der Waals surface area contributed by atoms with Crippen LogP contribution in [0.4, 0.5) is 5.13 Å². The van der Waals surface area contributed by atoms with E-state index in [2.05, 4.69) is 20.4 Å². The van der Waals surface area contributed by atoms with Crippen LogP contribution >= 0.6 is 22.9 Å². The van der Waals surface area contributed by atoms with Crippen molar-refractivity contribution in [3.05, 3.63) is 64.9 Å². The predicted molar refractivity (Wildman–Crippen MR) is 93.5 cm³/mol. The van der Waals surface area contributed by atoms with E-state index in [1.54, 1.807) is 40.6 Å². The number of amides is 1. The fraction of sp³-hybridized carbons (Fsp3) is 0. The molecule has 0 unspecified atom stereocenters. The number of thiazole rings is 1. The minimum atomic E-state index is -0.277. The maximum absolute atomic E-state index is 12.5. The van der Waals surface area contributed by atoms with E-state index in [0.29, 0.717) is 27.1 Å². The van der Waals surface area contributed by atoms with Gasteiger partial charge in [-0.15, -0.1) is 11.3 Å². The van der Waals surface area contributed by atoms with Crippen LogP contribution in [0.3, 0.4) is 0 Å². The Bertz CT molecular complexity index is 1030. The van der Waals surface area contributed by atoms with Crippen molar-refractivity contribution < 1.29 is 4.79 Å². The molecule has 0 fully saturated rings. The summed E-state index contributed by atoms with van der Waals surface area (Å²) in [6.45, 7) is 0. The maximum atomic E-state index is 12.5. The molecule has 0 atom stereocenters. The minimum Gasteiger partial charge on any atom is -0.298 e. The van der Waals surface area contributed by atoms with Gasteiger partial charge in [0.05, 0.1) is 17.5 Å². The van der Waals surface area contributed by atoms with Crippen LogP contribution in [0.5, 0.6) is 0 Å². The normalized spacial score (nSPS) is 10.9. The van der Waals surface area contributed by atoms with Crippen molar-refractivity contribution in [3.8, 4) is 11.3 Å². The number of hydrogen-bond acceptors (Lipinski definition) is 5. The molecule has 0 radical (unpaired) electrons. The van der Waals surface area contributed by atoms with Crippen molar-refractivity contribution in [2.45, 2.75) is 0 Å². The lowest BCUT2D eigenvalue weighted by Gasteiger charge is -2.02. The van der Waals surface area contributed by atoms with E-state index < -0.39 is 0 Å². The fourth-order valence-corrected chi connectivity index (χ4v) is 3.03. The summed E-state index contributed by atoms with van der Waals surface area (Å²) in [4.78, 5) is 21.1. The molecule has 0 aliphatic rings. The lowest BCUT2D eigenvalue weighted by atomic mass is 10.2. The van der Waals surface area contributed by atoms with E-state index in [1.165, 1.54) is 11.3 Å². The summed E-state index contributed by atoms with van der Waals surface area (Å²) < 4.78 is 1.58. The Hall–Kier alpha value is -2.77. The topological polar surface area (TPSA) is 72.2 Å². The number of anilines is 1. The van der Waals surface area contributed by atoms with E-state index in [1.807, 2.05) is 18.2 Å². The maximum Gasteiger partial charge on any atom is 0.261 e. The first kappa shape index (κ1) is 14.8. The van der Waals surface area contributed by atoms with Crippen LogP contribution < -0.4 is 5.32 Å². The highest BCUT2D eigenvalue weighted by molar-refractivity contribution is 7.13. The smallest absolute Gasteiger partial charge is 0.261 e. The Balaban J connectivity index is 1.76. The largest absolute Gasteiger partial charge is 0.298 e. The summed E-state index contributed by atoms with van der Waals surface area (Å²) in [6.07, 6.45) is 4.96. The number of nitrogens with zero attached hydrogens (tertiary/aromatic N) is 4. The molecule has 0 bridgehead atoms. The molecule has 24 heavy (non-hydrogen) atoms. The molecule has 4 rings (SSSR count). The summed E-state index contributed by atoms with van der Waals surface area (Å²) in [5.74, 6) is -0.277. The third-order valence-electron chi connectivity index (χ3n) is 3.38. The molecule has 4 aromatic rings. The standard InChI is InChI=1S/C16H10ClN5OS/c17-11-3-1-2-10(8-11)13-9-22-14(20-13)12(4-5-19-22)15(23)21-16-18-6-7-24-16/h1-9H,(H,18,21,23). The lowest BCUT2D eigenvalue weighted by molar-refractivity contribution is 0.102. The van der Waals surface area contributed by atoms with Gasteiger partial charge in [-0.3, -0.25) is 10.1 Å². The number of fused-ring (bicyclic) bond motifs is 1. The second kappa shape index (κ2) is 6.03. The number of halogens is 1. The molecular weight excluding hydrogens is 346 g/mol. The molecule has 1 aromatic carbocycles. The Morgan fingerprint density at radius 1 is 1.25 bits per heavy atom. The number of carbonyl (C=O) groups is 1. The molecular formula is C16H10ClN5OS. The molecule has 1 amide bonds. The number of rotatable bonds is 3. The van der Waals surface area contributed by atoms with Crippen LogP contribution in [0.15, 0.2) is 54.3 Å². The van der Waals surface area contributed by atoms with E-state index in [-0.39, 0.29) is 5.91 Å². The van der Waals surface area contributed by atoms with Crippen molar-refractivity contribution >= 4 is 39.6 Å². The zero-order chi connectivity index (χ0) is 16.5. The molecule has 118 valence electrons. The van der Waals surface area contributed by atoms with Gasteiger partial charge in [0, 0.05) is 28.4 Å². The second-order valence-corrected chi connectivity index (χ2v) is 6.27. The average Bonchev–Trinajstić information content (AvgIpc) is 3.23. The van der Waals surface area contributed by atoms with Gasteiger partial charge in [-0.05, 0) is 18.2 Å². The number of carbonyl (C=O) groups excluding carboxylic acids is 1. The zero-order valence-corrected chi connectivity index (χ0v) is 13.8. The summed E-state index contributed by atoms with van der Waals surface area (Å²) in [5, 5.41) is 9.93. The van der Waals surface area contributed by atoms with Crippen molar-refractivity contribution in [3.63, 3.8) is 0 Å². The molecule has 0 spiro atoms. The number of benzene rings is 1. The Morgan fingerprint density at radius 3 is 2.96 bits per heavy atom. The molecule has 0 saturated heterocycles. The molecule has 6 nitrogen and oxygen atoms in total. The SMILES string of the molecule is O=C(Nc1nccs1)c1ccnn2cc(-c3cccc(Cl)c3)nc12. The van der Waals surface area contributed by atoms with Gasteiger partial charge in [-0.2, -0.15) is 5.10 Å². The van der Waals surface area contributed by atoms with E-state index >= 15 is 0 Å². The van der Waals surface area contributed by atoms with E-state index in [9.17, 15) is 4.79 Å². The second-order valence-electron chi connectivity index (χ2n) is 4.94. The number of nitrogens with one attached hydrogen (secondary N) is 1.